The van der Waals surface area contributed by atoms with E-state index in [9.17, 15) is 13.9 Å². The first kappa shape index (κ1) is 12.4. The summed E-state index contributed by atoms with van der Waals surface area (Å²) < 4.78 is 26.8. The predicted octanol–water partition coefficient (Wildman–Crippen LogP) is 1.94. The number of halogens is 2. The Bertz CT molecular complexity index is 346. The molecule has 84 valence electrons. The molecule has 0 heterocycles. The number of hydrogen-bond donors (Lipinski definition) is 2. The number of likely N-dealkylation sites (N-methyl/N-ethyl adjacent to an activating group) is 1. The molecule has 0 bridgehead atoms. The van der Waals surface area contributed by atoms with Gasteiger partial charge in [-0.1, -0.05) is 6.07 Å². The van der Waals surface area contributed by atoms with Gasteiger partial charge in [-0.3, -0.25) is 0 Å². The fourth-order valence-electron chi connectivity index (χ4n) is 1.26. The maximum Gasteiger partial charge on any atom is 0.172 e. The van der Waals surface area contributed by atoms with E-state index in [0.29, 0.717) is 0 Å². The van der Waals surface area contributed by atoms with Gasteiger partial charge in [0.05, 0.1) is 6.10 Å². The Labute approximate surface area is 91.7 Å². The summed E-state index contributed by atoms with van der Waals surface area (Å²) in [5, 5.41) is 12.2. The van der Waals surface area contributed by atoms with Gasteiger partial charge in [-0.25, -0.2) is 8.78 Å². The van der Waals surface area contributed by atoms with Gasteiger partial charge < -0.3 is 10.4 Å². The minimum Gasteiger partial charge on any atom is -0.387 e. The van der Waals surface area contributed by atoms with E-state index in [1.807, 2.05) is 0 Å². The largest absolute Gasteiger partial charge is 0.387 e. The number of rotatable bonds is 4. The van der Waals surface area contributed by atoms with E-state index in [1.165, 1.54) is 12.1 Å². The van der Waals surface area contributed by atoms with Crippen LogP contribution >= 0.6 is 11.8 Å². The second-order valence-corrected chi connectivity index (χ2v) is 3.91. The van der Waals surface area contributed by atoms with Crippen molar-refractivity contribution >= 4 is 11.8 Å². The lowest BCUT2D eigenvalue weighted by molar-refractivity contribution is 0.171. The quantitative estimate of drug-likeness (QED) is 0.779. The van der Waals surface area contributed by atoms with E-state index in [2.05, 4.69) is 5.32 Å². The van der Waals surface area contributed by atoms with Crippen molar-refractivity contribution in [2.45, 2.75) is 11.0 Å². The molecule has 15 heavy (non-hydrogen) atoms. The Balaban J connectivity index is 3.06. The third-order valence-corrected chi connectivity index (χ3v) is 2.81. The molecule has 1 aromatic rings. The average Bonchev–Trinajstić information content (AvgIpc) is 2.22. The van der Waals surface area contributed by atoms with Crippen molar-refractivity contribution in [2.24, 2.45) is 0 Å². The highest BCUT2D eigenvalue weighted by Crippen LogP contribution is 2.26. The smallest absolute Gasteiger partial charge is 0.172 e. The summed E-state index contributed by atoms with van der Waals surface area (Å²) in [6.07, 6.45) is 0.641. The van der Waals surface area contributed by atoms with Gasteiger partial charge in [0.25, 0.3) is 0 Å². The highest BCUT2D eigenvalue weighted by Gasteiger charge is 2.17. The van der Waals surface area contributed by atoms with Crippen LogP contribution in [-0.4, -0.2) is 25.0 Å². The van der Waals surface area contributed by atoms with Crippen LogP contribution in [0, 0.1) is 11.6 Å². The molecule has 0 aromatic heterocycles. The van der Waals surface area contributed by atoms with E-state index in [0.717, 1.165) is 11.8 Å². The van der Waals surface area contributed by atoms with E-state index in [1.54, 1.807) is 13.3 Å². The first-order valence-corrected chi connectivity index (χ1v) is 5.68. The monoisotopic (exact) mass is 233 g/mol. The van der Waals surface area contributed by atoms with E-state index in [4.69, 9.17) is 0 Å². The Hall–Kier alpha value is -0.650. The second-order valence-electron chi connectivity index (χ2n) is 3.06. The molecule has 0 aliphatic carbocycles. The van der Waals surface area contributed by atoms with Crippen LogP contribution in [0.1, 0.15) is 11.7 Å². The Morgan fingerprint density at radius 2 is 2.07 bits per heavy atom. The van der Waals surface area contributed by atoms with Gasteiger partial charge in [0.2, 0.25) is 0 Å². The molecule has 0 aliphatic rings. The van der Waals surface area contributed by atoms with Crippen LogP contribution in [0.2, 0.25) is 0 Å². The number of hydrogen-bond acceptors (Lipinski definition) is 3. The molecule has 0 fully saturated rings. The van der Waals surface area contributed by atoms with E-state index < -0.39 is 17.7 Å². The van der Waals surface area contributed by atoms with Crippen LogP contribution in [0.3, 0.4) is 0 Å². The maximum atomic E-state index is 13.4. The zero-order valence-corrected chi connectivity index (χ0v) is 9.37. The number of nitrogens with one attached hydrogen (secondary N) is 1. The predicted molar refractivity (Wildman–Crippen MR) is 57.0 cm³/mol. The standard InChI is InChI=1S/C10H13F2NOS/c1-13-5-7(14)6-3-4-8(15-2)10(12)9(6)11/h3-4,7,13-14H,5H2,1-2H3. The summed E-state index contributed by atoms with van der Waals surface area (Å²) in [6.45, 7) is 0.189. The lowest BCUT2D eigenvalue weighted by atomic mass is 10.1. The van der Waals surface area contributed by atoms with Crippen molar-refractivity contribution in [3.8, 4) is 0 Å². The first-order chi connectivity index (χ1) is 7.11. The van der Waals surface area contributed by atoms with Crippen molar-refractivity contribution in [1.29, 1.82) is 0 Å². The molecule has 1 aromatic carbocycles. The molecule has 1 atom stereocenters. The van der Waals surface area contributed by atoms with Crippen LogP contribution in [0.4, 0.5) is 8.78 Å². The third-order valence-electron chi connectivity index (χ3n) is 2.05. The topological polar surface area (TPSA) is 32.3 Å². The fraction of sp³-hybridized carbons (Fsp3) is 0.400. The zero-order valence-electron chi connectivity index (χ0n) is 8.55. The van der Waals surface area contributed by atoms with Gasteiger partial charge in [0, 0.05) is 17.0 Å². The molecule has 1 unspecified atom stereocenters. The zero-order chi connectivity index (χ0) is 11.4. The van der Waals surface area contributed by atoms with Crippen LogP contribution in [0.25, 0.3) is 0 Å². The minimum atomic E-state index is -1.03. The highest BCUT2D eigenvalue weighted by atomic mass is 32.2. The average molecular weight is 233 g/mol. The van der Waals surface area contributed by atoms with Gasteiger partial charge in [0.1, 0.15) is 0 Å². The number of thioether (sulfide) groups is 1. The Kier molecular flexibility index (Phi) is 4.50. The lowest BCUT2D eigenvalue weighted by Gasteiger charge is -2.12. The van der Waals surface area contributed by atoms with Gasteiger partial charge in [-0.05, 0) is 19.4 Å². The Morgan fingerprint density at radius 3 is 2.60 bits per heavy atom. The maximum absolute atomic E-state index is 13.4. The molecule has 0 saturated carbocycles. The third kappa shape index (κ3) is 2.68. The first-order valence-electron chi connectivity index (χ1n) is 4.46. The SMILES string of the molecule is CNCC(O)c1ccc(SC)c(F)c1F. The molecule has 2 N–H and O–H groups in total. The van der Waals surface area contributed by atoms with Crippen LogP contribution in [-0.2, 0) is 0 Å². The fourth-order valence-corrected chi connectivity index (χ4v) is 1.74. The van der Waals surface area contributed by atoms with E-state index in [-0.39, 0.29) is 17.0 Å². The number of aliphatic hydroxyl groups is 1. The normalized spacial score (nSPS) is 12.9. The molecule has 0 spiro atoms. The molecule has 5 heteroatoms. The second kappa shape index (κ2) is 5.44. The van der Waals surface area contributed by atoms with Crippen LogP contribution in [0.5, 0.6) is 0 Å². The van der Waals surface area contributed by atoms with Gasteiger partial charge in [-0.2, -0.15) is 0 Å². The van der Waals surface area contributed by atoms with Crippen molar-refractivity contribution < 1.29 is 13.9 Å². The van der Waals surface area contributed by atoms with E-state index >= 15 is 0 Å². The van der Waals surface area contributed by atoms with Crippen molar-refractivity contribution in [3.63, 3.8) is 0 Å². The van der Waals surface area contributed by atoms with Gasteiger partial charge >= 0.3 is 0 Å². The van der Waals surface area contributed by atoms with Crippen molar-refractivity contribution in [3.05, 3.63) is 29.3 Å². The summed E-state index contributed by atoms with van der Waals surface area (Å²) in [4.78, 5) is 0.243. The summed E-state index contributed by atoms with van der Waals surface area (Å²) in [5.74, 6) is -1.86. The molecular weight excluding hydrogens is 220 g/mol. The molecule has 0 radical (unpaired) electrons. The summed E-state index contributed by atoms with van der Waals surface area (Å²) >= 11 is 1.13. The van der Waals surface area contributed by atoms with Crippen molar-refractivity contribution in [2.75, 3.05) is 19.8 Å². The molecule has 0 aliphatic heterocycles. The summed E-state index contributed by atoms with van der Waals surface area (Å²) in [5.41, 5.74) is -0.0142. The Morgan fingerprint density at radius 1 is 1.40 bits per heavy atom. The van der Waals surface area contributed by atoms with Gasteiger partial charge in [-0.15, -0.1) is 11.8 Å². The lowest BCUT2D eigenvalue weighted by Crippen LogP contribution is -2.18. The molecule has 0 saturated heterocycles. The number of aliphatic hydroxyl groups excluding tert-OH is 1. The minimum absolute atomic E-state index is 0.0142. The summed E-state index contributed by atoms with van der Waals surface area (Å²) in [6, 6.07) is 2.88. The molecule has 2 nitrogen and oxygen atoms in total. The van der Waals surface area contributed by atoms with Crippen molar-refractivity contribution in [1.82, 2.24) is 5.32 Å². The molecule has 0 amide bonds. The van der Waals surface area contributed by atoms with Crippen LogP contribution < -0.4 is 5.32 Å². The van der Waals surface area contributed by atoms with Gasteiger partial charge in [0.15, 0.2) is 11.6 Å². The molecule has 1 rings (SSSR count). The highest BCUT2D eigenvalue weighted by molar-refractivity contribution is 7.98. The molecular formula is C10H13F2NOS. The number of benzene rings is 1. The van der Waals surface area contributed by atoms with Crippen LogP contribution in [0.15, 0.2) is 17.0 Å². The summed E-state index contributed by atoms with van der Waals surface area (Å²) in [7, 11) is 1.63.